The fourth-order valence-electron chi connectivity index (χ4n) is 5.83. The number of sulfonamides is 1. The van der Waals surface area contributed by atoms with Crippen molar-refractivity contribution in [1.29, 1.82) is 0 Å². The molecular formula is C35H34FIN4O6S. The summed E-state index contributed by atoms with van der Waals surface area (Å²) < 4.78 is 51.7. The van der Waals surface area contributed by atoms with Crippen molar-refractivity contribution in [3.05, 3.63) is 89.4 Å². The zero-order valence-corrected chi connectivity index (χ0v) is 30.0. The van der Waals surface area contributed by atoms with Gasteiger partial charge in [0.2, 0.25) is 10.0 Å². The van der Waals surface area contributed by atoms with E-state index in [1.54, 1.807) is 17.0 Å². The first kappa shape index (κ1) is 33.5. The number of benzene rings is 3. The maximum absolute atomic E-state index is 13.8. The number of alkyl halides is 1. The van der Waals surface area contributed by atoms with Gasteiger partial charge in [-0.05, 0) is 95.6 Å². The van der Waals surface area contributed by atoms with E-state index in [0.29, 0.717) is 52.9 Å². The lowest BCUT2D eigenvalue weighted by Gasteiger charge is -2.29. The Hall–Kier alpha value is -4.37. The maximum atomic E-state index is 13.8. The standard InChI is InChI=1S/C35H34FIN4O6S/c1-35(2,37)47-34(43)41-14-13-27-23(19-41)16-28(39-27)22-8-6-7-21(15-22)25-17-26-30(18-29(25)40(4)48(5,44)45)46-32(31(26)33(42)38-3)20-9-11-24(36)12-10-20/h6-12,15-18,39H,13-14,19H2,1-5H3,(H,38,42). The van der Waals surface area contributed by atoms with Crippen LogP contribution >= 0.6 is 22.6 Å². The molecule has 1 aliphatic rings. The maximum Gasteiger partial charge on any atom is 0.411 e. The van der Waals surface area contributed by atoms with E-state index in [2.05, 4.69) is 32.9 Å². The summed E-state index contributed by atoms with van der Waals surface area (Å²) in [5.74, 6) is -0.604. The van der Waals surface area contributed by atoms with Crippen LogP contribution in [-0.2, 0) is 27.7 Å². The summed E-state index contributed by atoms with van der Waals surface area (Å²) >= 11 is 2.08. The SMILES string of the molecule is CNC(=O)c1c(-c2ccc(F)cc2)oc2cc(N(C)S(C)(=O)=O)c(-c3cccc(-c4cc5c([nH]4)CCN(C(=O)OC(C)(C)I)C5)c3)cc12. The third kappa shape index (κ3) is 6.65. The van der Waals surface area contributed by atoms with E-state index in [4.69, 9.17) is 9.15 Å². The van der Waals surface area contributed by atoms with Crippen LogP contribution in [-0.4, -0.2) is 60.8 Å². The van der Waals surface area contributed by atoms with Crippen molar-refractivity contribution in [2.45, 2.75) is 30.4 Å². The van der Waals surface area contributed by atoms with Crippen LogP contribution in [0.1, 0.15) is 35.5 Å². The Bertz CT molecular complexity index is 2170. The van der Waals surface area contributed by atoms with Gasteiger partial charge < -0.3 is 24.4 Å². The number of halogens is 2. The molecule has 10 nitrogen and oxygen atoms in total. The predicted molar refractivity (Wildman–Crippen MR) is 192 cm³/mol. The van der Waals surface area contributed by atoms with E-state index in [-0.39, 0.29) is 17.4 Å². The Morgan fingerprint density at radius 2 is 1.77 bits per heavy atom. The van der Waals surface area contributed by atoms with Gasteiger partial charge in [0, 0.05) is 61.0 Å². The average Bonchev–Trinajstić information content (AvgIpc) is 3.64. The van der Waals surface area contributed by atoms with Crippen molar-refractivity contribution in [2.24, 2.45) is 0 Å². The monoisotopic (exact) mass is 784 g/mol. The third-order valence-electron chi connectivity index (χ3n) is 8.26. The number of carbonyl (C=O) groups excluding carboxylic acids is 2. The van der Waals surface area contributed by atoms with Crippen molar-refractivity contribution in [2.75, 3.05) is 31.2 Å². The number of H-pyrrole nitrogens is 1. The normalized spacial score (nSPS) is 13.4. The van der Waals surface area contributed by atoms with Crippen LogP contribution in [0.15, 0.2) is 71.1 Å². The van der Waals surface area contributed by atoms with E-state index < -0.39 is 25.4 Å². The molecule has 0 saturated carbocycles. The van der Waals surface area contributed by atoms with Crippen LogP contribution < -0.4 is 9.62 Å². The minimum absolute atomic E-state index is 0.236. The van der Waals surface area contributed by atoms with Gasteiger partial charge in [-0.3, -0.25) is 9.10 Å². The number of rotatable bonds is 7. The molecule has 2 N–H and O–H groups in total. The summed E-state index contributed by atoms with van der Waals surface area (Å²) in [7, 11) is -0.734. The first-order chi connectivity index (χ1) is 22.6. The first-order valence-electron chi connectivity index (χ1n) is 15.1. The highest BCUT2D eigenvalue weighted by atomic mass is 127. The van der Waals surface area contributed by atoms with Gasteiger partial charge in [-0.2, -0.15) is 0 Å². The molecule has 0 fully saturated rings. The van der Waals surface area contributed by atoms with E-state index in [1.165, 1.54) is 42.7 Å². The molecule has 0 bridgehead atoms. The van der Waals surface area contributed by atoms with Crippen LogP contribution in [0.25, 0.3) is 44.7 Å². The Labute approximate surface area is 291 Å². The smallest absolute Gasteiger partial charge is 0.411 e. The van der Waals surface area contributed by atoms with Gasteiger partial charge in [0.1, 0.15) is 17.2 Å². The van der Waals surface area contributed by atoms with E-state index in [9.17, 15) is 22.4 Å². The fourth-order valence-corrected chi connectivity index (χ4v) is 6.53. The molecule has 0 radical (unpaired) electrons. The van der Waals surface area contributed by atoms with Crippen molar-refractivity contribution < 1.29 is 31.6 Å². The van der Waals surface area contributed by atoms with Crippen LogP contribution in [0.4, 0.5) is 14.9 Å². The zero-order chi connectivity index (χ0) is 34.5. The first-order valence-corrected chi connectivity index (χ1v) is 18.1. The van der Waals surface area contributed by atoms with E-state index in [1.807, 2.05) is 44.2 Å². The molecule has 0 aliphatic carbocycles. The molecule has 3 heterocycles. The molecule has 2 amide bonds. The molecule has 3 aromatic carbocycles. The van der Waals surface area contributed by atoms with Gasteiger partial charge in [-0.15, -0.1) is 0 Å². The topological polar surface area (TPSA) is 125 Å². The second-order valence-corrected chi connectivity index (χ2v) is 16.8. The zero-order valence-electron chi connectivity index (χ0n) is 27.0. The van der Waals surface area contributed by atoms with E-state index in [0.717, 1.165) is 28.8 Å². The summed E-state index contributed by atoms with van der Waals surface area (Å²) in [5, 5.41) is 3.13. The molecule has 0 unspecified atom stereocenters. The number of amides is 2. The van der Waals surface area contributed by atoms with Crippen LogP contribution in [0.3, 0.4) is 0 Å². The number of aromatic nitrogens is 1. The van der Waals surface area contributed by atoms with Crippen LogP contribution in [0.2, 0.25) is 0 Å². The van der Waals surface area contributed by atoms with Crippen LogP contribution in [0, 0.1) is 5.82 Å². The molecular weight excluding hydrogens is 750 g/mol. The number of hydrogen-bond acceptors (Lipinski definition) is 6. The molecule has 0 saturated heterocycles. The Balaban J connectivity index is 1.46. The molecule has 0 atom stereocenters. The minimum Gasteiger partial charge on any atom is -0.455 e. The van der Waals surface area contributed by atoms with Crippen molar-refractivity contribution >= 4 is 61.3 Å². The lowest BCUT2D eigenvalue weighted by Crippen LogP contribution is -2.38. The molecule has 0 spiro atoms. The second-order valence-electron chi connectivity index (χ2n) is 12.2. The highest BCUT2D eigenvalue weighted by Gasteiger charge is 2.29. The second kappa shape index (κ2) is 12.6. The number of nitrogens with one attached hydrogen (secondary N) is 2. The average molecular weight is 785 g/mol. The summed E-state index contributed by atoms with van der Waals surface area (Å²) in [6.45, 7) is 4.60. The van der Waals surface area contributed by atoms with Gasteiger partial charge in [0.05, 0.1) is 24.1 Å². The predicted octanol–water partition coefficient (Wildman–Crippen LogP) is 7.32. The molecule has 1 aliphatic heterocycles. The number of carbonyl (C=O) groups is 2. The molecule has 13 heteroatoms. The number of anilines is 1. The van der Waals surface area contributed by atoms with Gasteiger partial charge in [-0.25, -0.2) is 17.6 Å². The highest BCUT2D eigenvalue weighted by Crippen LogP contribution is 2.42. The van der Waals surface area contributed by atoms with Gasteiger partial charge in [0.15, 0.2) is 3.61 Å². The Morgan fingerprint density at radius 1 is 1.06 bits per heavy atom. The molecule has 6 rings (SSSR count). The summed E-state index contributed by atoms with van der Waals surface area (Å²) in [6.07, 6.45) is 1.40. The fraction of sp³-hybridized carbons (Fsp3) is 0.257. The van der Waals surface area contributed by atoms with Crippen LogP contribution in [0.5, 0.6) is 0 Å². The number of nitrogens with zero attached hydrogens (tertiary/aromatic N) is 2. The van der Waals surface area contributed by atoms with Crippen molar-refractivity contribution in [1.82, 2.24) is 15.2 Å². The minimum atomic E-state index is -3.70. The number of fused-ring (bicyclic) bond motifs is 2. The lowest BCUT2D eigenvalue weighted by atomic mass is 9.96. The molecule has 5 aromatic rings. The number of furan rings is 1. The molecule has 2 aromatic heterocycles. The largest absolute Gasteiger partial charge is 0.455 e. The summed E-state index contributed by atoms with van der Waals surface area (Å²) in [4.78, 5) is 31.2. The number of ether oxygens (including phenoxy) is 1. The van der Waals surface area contributed by atoms with Gasteiger partial charge in [0.25, 0.3) is 5.91 Å². The summed E-state index contributed by atoms with van der Waals surface area (Å²) in [6, 6.07) is 18.6. The number of hydrogen-bond donors (Lipinski definition) is 2. The highest BCUT2D eigenvalue weighted by molar-refractivity contribution is 14.1. The summed E-state index contributed by atoms with van der Waals surface area (Å²) in [5.41, 5.74) is 6.37. The van der Waals surface area contributed by atoms with Gasteiger partial charge >= 0.3 is 6.09 Å². The van der Waals surface area contributed by atoms with E-state index >= 15 is 0 Å². The quantitative estimate of drug-likeness (QED) is 0.132. The molecule has 250 valence electrons. The lowest BCUT2D eigenvalue weighted by molar-refractivity contribution is 0.0660. The van der Waals surface area contributed by atoms with Crippen molar-refractivity contribution in [3.8, 4) is 33.7 Å². The van der Waals surface area contributed by atoms with Crippen molar-refractivity contribution in [3.63, 3.8) is 0 Å². The Kier molecular flexibility index (Phi) is 8.79. The Morgan fingerprint density at radius 3 is 2.44 bits per heavy atom. The van der Waals surface area contributed by atoms with Gasteiger partial charge in [-0.1, -0.05) is 18.2 Å². The molecule has 48 heavy (non-hydrogen) atoms. The third-order valence-corrected chi connectivity index (χ3v) is 9.67. The number of aromatic amines is 1.